The maximum absolute atomic E-state index is 5.65. The van der Waals surface area contributed by atoms with Gasteiger partial charge < -0.3 is 16.0 Å². The van der Waals surface area contributed by atoms with Crippen LogP contribution in [0.1, 0.15) is 13.8 Å². The SMILES string of the molecule is CN/C=C(/N)N(C)C(C)C. The molecular formula is C7H17N3. The van der Waals surface area contributed by atoms with Crippen molar-refractivity contribution >= 4 is 0 Å². The van der Waals surface area contributed by atoms with Crippen molar-refractivity contribution < 1.29 is 0 Å². The molecule has 0 heterocycles. The molecule has 0 unspecified atom stereocenters. The van der Waals surface area contributed by atoms with Gasteiger partial charge in [-0.05, 0) is 13.8 Å². The predicted octanol–water partition coefficient (Wildman–Crippen LogP) is 0.304. The quantitative estimate of drug-likeness (QED) is 0.597. The molecule has 0 radical (unpaired) electrons. The van der Waals surface area contributed by atoms with Gasteiger partial charge in [0.2, 0.25) is 0 Å². The summed E-state index contributed by atoms with van der Waals surface area (Å²) in [5, 5.41) is 2.87. The molecule has 0 bridgehead atoms. The third kappa shape index (κ3) is 2.62. The zero-order valence-corrected chi connectivity index (χ0v) is 7.18. The summed E-state index contributed by atoms with van der Waals surface area (Å²) in [4.78, 5) is 2.00. The molecule has 0 aromatic carbocycles. The predicted molar refractivity (Wildman–Crippen MR) is 44.2 cm³/mol. The Bertz CT molecular complexity index is 118. The van der Waals surface area contributed by atoms with Crippen molar-refractivity contribution in [2.45, 2.75) is 19.9 Å². The lowest BCUT2D eigenvalue weighted by Crippen LogP contribution is -2.30. The van der Waals surface area contributed by atoms with Crippen LogP contribution in [0.3, 0.4) is 0 Å². The minimum atomic E-state index is 0.449. The first-order valence-electron chi connectivity index (χ1n) is 3.45. The normalized spacial score (nSPS) is 11.9. The van der Waals surface area contributed by atoms with Gasteiger partial charge in [-0.15, -0.1) is 0 Å². The molecule has 3 nitrogen and oxygen atoms in total. The molecule has 0 aliphatic rings. The second kappa shape index (κ2) is 4.04. The van der Waals surface area contributed by atoms with Crippen LogP contribution in [0.5, 0.6) is 0 Å². The Morgan fingerprint density at radius 3 is 2.40 bits per heavy atom. The fourth-order valence-corrected chi connectivity index (χ4v) is 0.548. The van der Waals surface area contributed by atoms with Gasteiger partial charge in [0.15, 0.2) is 0 Å². The summed E-state index contributed by atoms with van der Waals surface area (Å²) in [5.74, 6) is 0.762. The van der Waals surface area contributed by atoms with Gasteiger partial charge in [-0.3, -0.25) is 0 Å². The van der Waals surface area contributed by atoms with Gasteiger partial charge >= 0.3 is 0 Å². The van der Waals surface area contributed by atoms with Crippen molar-refractivity contribution in [2.75, 3.05) is 14.1 Å². The van der Waals surface area contributed by atoms with Crippen LogP contribution in [0, 0.1) is 0 Å². The average molecular weight is 143 g/mol. The van der Waals surface area contributed by atoms with Crippen LogP contribution in [0.4, 0.5) is 0 Å². The molecule has 0 aliphatic carbocycles. The molecule has 0 atom stereocenters. The highest BCUT2D eigenvalue weighted by Crippen LogP contribution is 1.97. The number of nitrogens with one attached hydrogen (secondary N) is 1. The summed E-state index contributed by atoms with van der Waals surface area (Å²) < 4.78 is 0. The van der Waals surface area contributed by atoms with E-state index in [9.17, 15) is 0 Å². The lowest BCUT2D eigenvalue weighted by molar-refractivity contribution is 0.338. The van der Waals surface area contributed by atoms with E-state index in [2.05, 4.69) is 19.2 Å². The summed E-state index contributed by atoms with van der Waals surface area (Å²) >= 11 is 0. The Morgan fingerprint density at radius 2 is 2.10 bits per heavy atom. The van der Waals surface area contributed by atoms with Crippen LogP contribution in [0.2, 0.25) is 0 Å². The number of nitrogens with zero attached hydrogens (tertiary/aromatic N) is 1. The largest absolute Gasteiger partial charge is 0.391 e. The Labute approximate surface area is 62.9 Å². The Kier molecular flexibility index (Phi) is 3.69. The van der Waals surface area contributed by atoms with Crippen molar-refractivity contribution in [3.8, 4) is 0 Å². The molecule has 0 saturated carbocycles. The first-order valence-corrected chi connectivity index (χ1v) is 3.45. The van der Waals surface area contributed by atoms with Gasteiger partial charge in [0.1, 0.15) is 5.82 Å². The number of rotatable bonds is 3. The number of hydrogen-bond acceptors (Lipinski definition) is 3. The van der Waals surface area contributed by atoms with Gasteiger partial charge in [0, 0.05) is 26.3 Å². The average Bonchev–Trinajstić information content (AvgIpc) is 1.87. The summed E-state index contributed by atoms with van der Waals surface area (Å²) in [6.07, 6.45) is 1.78. The molecule has 0 amide bonds. The topological polar surface area (TPSA) is 41.3 Å². The summed E-state index contributed by atoms with van der Waals surface area (Å²) in [7, 11) is 3.80. The molecule has 10 heavy (non-hydrogen) atoms. The van der Waals surface area contributed by atoms with Crippen molar-refractivity contribution in [1.29, 1.82) is 0 Å². The summed E-state index contributed by atoms with van der Waals surface area (Å²) in [6, 6.07) is 0.449. The van der Waals surface area contributed by atoms with Crippen molar-refractivity contribution in [1.82, 2.24) is 10.2 Å². The molecule has 0 spiro atoms. The van der Waals surface area contributed by atoms with E-state index < -0.39 is 0 Å². The first-order chi connectivity index (χ1) is 4.59. The van der Waals surface area contributed by atoms with Gasteiger partial charge in [0.25, 0.3) is 0 Å². The highest BCUT2D eigenvalue weighted by atomic mass is 15.2. The van der Waals surface area contributed by atoms with E-state index in [0.29, 0.717) is 6.04 Å². The highest BCUT2D eigenvalue weighted by Gasteiger charge is 2.02. The van der Waals surface area contributed by atoms with E-state index in [-0.39, 0.29) is 0 Å². The van der Waals surface area contributed by atoms with Crippen molar-refractivity contribution in [3.05, 3.63) is 12.0 Å². The first kappa shape index (κ1) is 9.14. The summed E-state index contributed by atoms with van der Waals surface area (Å²) in [5.41, 5.74) is 5.65. The van der Waals surface area contributed by atoms with Gasteiger partial charge in [-0.2, -0.15) is 0 Å². The second-order valence-corrected chi connectivity index (χ2v) is 2.56. The maximum atomic E-state index is 5.65. The third-order valence-electron chi connectivity index (χ3n) is 1.47. The van der Waals surface area contributed by atoms with Crippen LogP contribution in [-0.4, -0.2) is 25.0 Å². The molecule has 0 rings (SSSR count). The van der Waals surface area contributed by atoms with Gasteiger partial charge in [-0.1, -0.05) is 0 Å². The lowest BCUT2D eigenvalue weighted by atomic mass is 10.3. The van der Waals surface area contributed by atoms with Crippen molar-refractivity contribution in [2.24, 2.45) is 5.73 Å². The van der Waals surface area contributed by atoms with Crippen LogP contribution in [-0.2, 0) is 0 Å². The zero-order valence-electron chi connectivity index (χ0n) is 7.18. The monoisotopic (exact) mass is 143 g/mol. The van der Waals surface area contributed by atoms with E-state index in [4.69, 9.17) is 5.73 Å². The van der Waals surface area contributed by atoms with E-state index in [1.165, 1.54) is 0 Å². The van der Waals surface area contributed by atoms with E-state index >= 15 is 0 Å². The molecule has 3 N–H and O–H groups in total. The smallest absolute Gasteiger partial charge is 0.115 e. The fraction of sp³-hybridized carbons (Fsp3) is 0.714. The highest BCUT2D eigenvalue weighted by molar-refractivity contribution is 4.93. The maximum Gasteiger partial charge on any atom is 0.115 e. The molecule has 60 valence electrons. The van der Waals surface area contributed by atoms with Crippen LogP contribution < -0.4 is 11.1 Å². The molecule has 0 saturated heterocycles. The second-order valence-electron chi connectivity index (χ2n) is 2.56. The third-order valence-corrected chi connectivity index (χ3v) is 1.47. The number of hydrogen-bond donors (Lipinski definition) is 2. The molecular weight excluding hydrogens is 126 g/mol. The number of nitrogens with two attached hydrogens (primary N) is 1. The zero-order chi connectivity index (χ0) is 8.15. The summed E-state index contributed by atoms with van der Waals surface area (Å²) in [6.45, 7) is 4.19. The van der Waals surface area contributed by atoms with E-state index in [1.54, 1.807) is 6.20 Å². The van der Waals surface area contributed by atoms with Crippen LogP contribution in [0.15, 0.2) is 12.0 Å². The molecule has 0 aliphatic heterocycles. The van der Waals surface area contributed by atoms with E-state index in [0.717, 1.165) is 5.82 Å². The fourth-order valence-electron chi connectivity index (χ4n) is 0.548. The van der Waals surface area contributed by atoms with Gasteiger partial charge in [0.05, 0.1) is 0 Å². The Morgan fingerprint density at radius 1 is 1.60 bits per heavy atom. The minimum Gasteiger partial charge on any atom is -0.391 e. The van der Waals surface area contributed by atoms with E-state index in [1.807, 2.05) is 19.0 Å². The molecule has 0 aromatic heterocycles. The molecule has 3 heteroatoms. The molecule has 0 aromatic rings. The van der Waals surface area contributed by atoms with Crippen LogP contribution in [0.25, 0.3) is 0 Å². The Hall–Kier alpha value is -0.860. The van der Waals surface area contributed by atoms with Gasteiger partial charge in [-0.25, -0.2) is 0 Å². The van der Waals surface area contributed by atoms with Crippen molar-refractivity contribution in [3.63, 3.8) is 0 Å². The Balaban J connectivity index is 3.93. The molecule has 0 fully saturated rings. The lowest BCUT2D eigenvalue weighted by Gasteiger charge is -2.23. The standard InChI is InChI=1S/C7H17N3/c1-6(2)10(4)7(8)5-9-3/h5-6,9H,8H2,1-4H3/b7-5-. The van der Waals surface area contributed by atoms with Crippen LogP contribution >= 0.6 is 0 Å². The minimum absolute atomic E-state index is 0.449.